The fourth-order valence-electron chi connectivity index (χ4n) is 1.66. The zero-order chi connectivity index (χ0) is 17.9. The van der Waals surface area contributed by atoms with E-state index in [0.717, 1.165) is 11.8 Å². The average Bonchev–Trinajstić information content (AvgIpc) is 2.52. The van der Waals surface area contributed by atoms with Crippen LogP contribution in [0.15, 0.2) is 41.6 Å². The summed E-state index contributed by atoms with van der Waals surface area (Å²) in [6.45, 7) is 5.49. The van der Waals surface area contributed by atoms with Gasteiger partial charge in [0.05, 0.1) is 15.7 Å². The number of carbonyl (C=O) groups is 2. The van der Waals surface area contributed by atoms with Crippen LogP contribution in [0.3, 0.4) is 0 Å². The molecule has 0 atom stereocenters. The Hall–Kier alpha value is -1.56. The first-order chi connectivity index (χ1) is 11.2. The number of carbonyl (C=O) groups excluding carboxylic acids is 2. The van der Waals surface area contributed by atoms with Crippen LogP contribution < -0.4 is 5.32 Å². The molecule has 126 valence electrons. The average molecular weight is 383 g/mol. The number of amides is 1. The highest BCUT2D eigenvalue weighted by atomic mass is 35.5. The van der Waals surface area contributed by atoms with E-state index in [4.69, 9.17) is 23.2 Å². The van der Waals surface area contributed by atoms with Gasteiger partial charge in [-0.05, 0) is 36.0 Å². The van der Waals surface area contributed by atoms with E-state index in [2.05, 4.69) is 10.3 Å². The van der Waals surface area contributed by atoms with Crippen molar-refractivity contribution >= 4 is 51.7 Å². The second kappa shape index (κ2) is 7.55. The van der Waals surface area contributed by atoms with Gasteiger partial charge in [0.15, 0.2) is 5.12 Å². The predicted molar refractivity (Wildman–Crippen MR) is 99.0 cm³/mol. The Balaban J connectivity index is 2.33. The molecule has 1 N–H and O–H groups in total. The summed E-state index contributed by atoms with van der Waals surface area (Å²) in [7, 11) is 0. The van der Waals surface area contributed by atoms with Gasteiger partial charge in [-0.1, -0.05) is 44.0 Å². The van der Waals surface area contributed by atoms with E-state index in [9.17, 15) is 9.59 Å². The molecule has 24 heavy (non-hydrogen) atoms. The summed E-state index contributed by atoms with van der Waals surface area (Å²) in [5.74, 6) is -0.319. The number of nitrogens with one attached hydrogen (secondary N) is 1. The second-order valence-corrected chi connectivity index (χ2v) is 7.92. The lowest BCUT2D eigenvalue weighted by atomic mass is 10.00. The Bertz CT molecular complexity index is 774. The van der Waals surface area contributed by atoms with E-state index < -0.39 is 5.41 Å². The lowest BCUT2D eigenvalue weighted by Gasteiger charge is -2.18. The SMILES string of the molecule is CC(C)(C)C(=O)Sc1cc(Cl)c(Cl)cc1NC(=O)c1ccncc1. The first kappa shape index (κ1) is 18.8. The van der Waals surface area contributed by atoms with Crippen LogP contribution in [-0.2, 0) is 4.79 Å². The summed E-state index contributed by atoms with van der Waals surface area (Å²) in [5, 5.41) is 3.35. The van der Waals surface area contributed by atoms with Crippen LogP contribution >= 0.6 is 35.0 Å². The third kappa shape index (κ3) is 4.72. The standard InChI is InChI=1S/C17H16Cl2N2O2S/c1-17(2,3)16(23)24-14-9-12(19)11(18)8-13(14)21-15(22)10-4-6-20-7-5-10/h4-9H,1-3H3,(H,21,22). The van der Waals surface area contributed by atoms with Gasteiger partial charge in [0.1, 0.15) is 0 Å². The van der Waals surface area contributed by atoms with Crippen LogP contribution in [0.1, 0.15) is 31.1 Å². The highest BCUT2D eigenvalue weighted by Gasteiger charge is 2.24. The lowest BCUT2D eigenvalue weighted by Crippen LogP contribution is -2.17. The van der Waals surface area contributed by atoms with Crippen molar-refractivity contribution < 1.29 is 9.59 Å². The molecule has 0 aliphatic rings. The molecule has 1 amide bonds. The van der Waals surface area contributed by atoms with Crippen molar-refractivity contribution in [2.24, 2.45) is 5.41 Å². The molecule has 1 heterocycles. The number of thioether (sulfide) groups is 1. The third-order valence-electron chi connectivity index (χ3n) is 3.03. The van der Waals surface area contributed by atoms with Crippen molar-refractivity contribution in [2.45, 2.75) is 25.7 Å². The Morgan fingerprint density at radius 2 is 1.67 bits per heavy atom. The normalized spacial score (nSPS) is 11.2. The molecule has 0 bridgehead atoms. The minimum atomic E-state index is -0.525. The van der Waals surface area contributed by atoms with E-state index in [-0.39, 0.29) is 11.0 Å². The number of anilines is 1. The second-order valence-electron chi connectivity index (χ2n) is 6.09. The van der Waals surface area contributed by atoms with Crippen molar-refractivity contribution in [3.8, 4) is 0 Å². The molecular formula is C17H16Cl2N2O2S. The molecule has 0 aliphatic carbocycles. The number of rotatable bonds is 3. The maximum Gasteiger partial charge on any atom is 0.255 e. The van der Waals surface area contributed by atoms with Crippen LogP contribution in [0.2, 0.25) is 10.0 Å². The molecule has 0 radical (unpaired) electrons. The highest BCUT2D eigenvalue weighted by Crippen LogP contribution is 2.38. The summed E-state index contributed by atoms with van der Waals surface area (Å²) in [5.41, 5.74) is 0.367. The Kier molecular flexibility index (Phi) is 5.91. The zero-order valence-corrected chi connectivity index (χ0v) is 15.7. The van der Waals surface area contributed by atoms with Crippen molar-refractivity contribution in [2.75, 3.05) is 5.32 Å². The van der Waals surface area contributed by atoms with Gasteiger partial charge in [-0.3, -0.25) is 14.6 Å². The van der Waals surface area contributed by atoms with Gasteiger partial charge in [-0.2, -0.15) is 0 Å². The molecule has 0 saturated carbocycles. The molecule has 2 rings (SSSR count). The zero-order valence-electron chi connectivity index (χ0n) is 13.4. The van der Waals surface area contributed by atoms with E-state index in [1.807, 2.05) is 20.8 Å². The monoisotopic (exact) mass is 382 g/mol. The van der Waals surface area contributed by atoms with Gasteiger partial charge in [-0.25, -0.2) is 0 Å². The smallest absolute Gasteiger partial charge is 0.255 e. The van der Waals surface area contributed by atoms with Crippen molar-refractivity contribution in [3.05, 3.63) is 52.3 Å². The van der Waals surface area contributed by atoms with Crippen molar-refractivity contribution in [1.29, 1.82) is 0 Å². The van der Waals surface area contributed by atoms with Gasteiger partial charge in [0.2, 0.25) is 0 Å². The molecule has 1 aromatic carbocycles. The molecular weight excluding hydrogens is 367 g/mol. The molecule has 2 aromatic rings. The largest absolute Gasteiger partial charge is 0.321 e. The topological polar surface area (TPSA) is 59.1 Å². The van der Waals surface area contributed by atoms with Gasteiger partial charge in [0.25, 0.3) is 5.91 Å². The van der Waals surface area contributed by atoms with Crippen molar-refractivity contribution in [3.63, 3.8) is 0 Å². The summed E-state index contributed by atoms with van der Waals surface area (Å²) < 4.78 is 0. The molecule has 0 spiro atoms. The molecule has 0 saturated heterocycles. The fraction of sp³-hybridized carbons (Fsp3) is 0.235. The number of hydrogen-bond donors (Lipinski definition) is 1. The third-order valence-corrected chi connectivity index (χ3v) is 5.11. The Morgan fingerprint density at radius 3 is 2.25 bits per heavy atom. The van der Waals surface area contributed by atoms with Crippen LogP contribution in [0.5, 0.6) is 0 Å². The van der Waals surface area contributed by atoms with Crippen LogP contribution in [0.25, 0.3) is 0 Å². The number of nitrogens with zero attached hydrogens (tertiary/aromatic N) is 1. The maximum absolute atomic E-state index is 12.3. The van der Waals surface area contributed by atoms with Gasteiger partial charge in [0, 0.05) is 28.3 Å². The number of hydrogen-bond acceptors (Lipinski definition) is 4. The summed E-state index contributed by atoms with van der Waals surface area (Å²) >= 11 is 13.1. The van der Waals surface area contributed by atoms with Crippen LogP contribution in [-0.4, -0.2) is 16.0 Å². The fourth-order valence-corrected chi connectivity index (χ4v) is 2.96. The van der Waals surface area contributed by atoms with E-state index in [1.54, 1.807) is 24.3 Å². The first-order valence-electron chi connectivity index (χ1n) is 7.11. The molecule has 1 aromatic heterocycles. The number of pyridine rings is 1. The van der Waals surface area contributed by atoms with Gasteiger partial charge < -0.3 is 5.32 Å². The number of halogens is 2. The summed E-state index contributed by atoms with van der Waals surface area (Å²) in [4.78, 5) is 29.1. The molecule has 0 unspecified atom stereocenters. The number of benzene rings is 1. The molecule has 0 fully saturated rings. The minimum Gasteiger partial charge on any atom is -0.321 e. The first-order valence-corrected chi connectivity index (χ1v) is 8.68. The number of aromatic nitrogens is 1. The van der Waals surface area contributed by atoms with Crippen molar-refractivity contribution in [1.82, 2.24) is 4.98 Å². The minimum absolute atomic E-state index is 0.0414. The Morgan fingerprint density at radius 1 is 1.08 bits per heavy atom. The highest BCUT2D eigenvalue weighted by molar-refractivity contribution is 8.13. The van der Waals surface area contributed by atoms with Crippen LogP contribution in [0, 0.1) is 5.41 Å². The van der Waals surface area contributed by atoms with Gasteiger partial charge in [-0.15, -0.1) is 0 Å². The Labute approximate surface area is 155 Å². The predicted octanol–water partition coefficient (Wildman–Crippen LogP) is 5.31. The molecule has 0 aliphatic heterocycles. The quantitative estimate of drug-likeness (QED) is 0.731. The molecule has 4 nitrogen and oxygen atoms in total. The van der Waals surface area contributed by atoms with E-state index in [0.29, 0.717) is 26.2 Å². The summed E-state index contributed by atoms with van der Waals surface area (Å²) in [6.07, 6.45) is 3.06. The summed E-state index contributed by atoms with van der Waals surface area (Å²) in [6, 6.07) is 6.32. The molecule has 7 heteroatoms. The van der Waals surface area contributed by atoms with E-state index in [1.165, 1.54) is 12.4 Å². The lowest BCUT2D eigenvalue weighted by molar-refractivity contribution is -0.117. The van der Waals surface area contributed by atoms with E-state index >= 15 is 0 Å². The maximum atomic E-state index is 12.3. The van der Waals surface area contributed by atoms with Gasteiger partial charge >= 0.3 is 0 Å². The van der Waals surface area contributed by atoms with Crippen LogP contribution in [0.4, 0.5) is 5.69 Å².